The number of anilines is 1. The molecule has 1 aromatic heterocycles. The molecule has 1 aliphatic heterocycles. The Morgan fingerprint density at radius 1 is 1.50 bits per heavy atom. The number of carbonyl (C=O) groups excluding carboxylic acids is 1. The summed E-state index contributed by atoms with van der Waals surface area (Å²) in [5.41, 5.74) is 6.53. The Morgan fingerprint density at radius 3 is 2.80 bits per heavy atom. The summed E-state index contributed by atoms with van der Waals surface area (Å²) in [6, 6.07) is 4.11. The first-order valence-electron chi connectivity index (χ1n) is 7.19. The highest BCUT2D eigenvalue weighted by Gasteiger charge is 2.28. The molecule has 2 N–H and O–H groups in total. The van der Waals surface area contributed by atoms with Crippen molar-refractivity contribution in [1.29, 1.82) is 0 Å². The summed E-state index contributed by atoms with van der Waals surface area (Å²) >= 11 is 0. The van der Waals surface area contributed by atoms with Crippen LogP contribution in [0, 0.1) is 5.92 Å². The Bertz CT molecular complexity index is 457. The van der Waals surface area contributed by atoms with Gasteiger partial charge in [0.05, 0.1) is 5.56 Å². The predicted octanol–water partition coefficient (Wildman–Crippen LogP) is 1.35. The molecule has 0 radical (unpaired) electrons. The van der Waals surface area contributed by atoms with Crippen molar-refractivity contribution in [2.24, 2.45) is 11.7 Å². The summed E-state index contributed by atoms with van der Waals surface area (Å²) in [4.78, 5) is 20.2. The van der Waals surface area contributed by atoms with Crippen molar-refractivity contribution in [3.63, 3.8) is 0 Å². The van der Waals surface area contributed by atoms with Crippen molar-refractivity contribution in [3.05, 3.63) is 23.9 Å². The highest BCUT2D eigenvalue weighted by atomic mass is 16.2. The number of nitrogens with zero attached hydrogens (tertiary/aromatic N) is 3. The molecule has 0 aliphatic carbocycles. The summed E-state index contributed by atoms with van der Waals surface area (Å²) in [5, 5.41) is 0. The Morgan fingerprint density at radius 2 is 2.25 bits per heavy atom. The van der Waals surface area contributed by atoms with Gasteiger partial charge in [-0.1, -0.05) is 6.92 Å². The Labute approximate surface area is 120 Å². The first-order chi connectivity index (χ1) is 9.54. The molecule has 2 heterocycles. The minimum atomic E-state index is -0.0218. The molecule has 0 saturated carbocycles. The zero-order chi connectivity index (χ0) is 14.7. The molecular formula is C15H24N4O. The number of hydrogen-bond donors (Lipinski definition) is 1. The number of piperidine rings is 1. The van der Waals surface area contributed by atoms with Gasteiger partial charge >= 0.3 is 0 Å². The average molecular weight is 276 g/mol. The first kappa shape index (κ1) is 14.8. The third-order valence-electron chi connectivity index (χ3n) is 4.05. The first-order valence-corrected chi connectivity index (χ1v) is 7.19. The normalized spacial score (nSPS) is 22.7. The van der Waals surface area contributed by atoms with Crippen molar-refractivity contribution < 1.29 is 4.79 Å². The van der Waals surface area contributed by atoms with Crippen LogP contribution in [-0.2, 0) is 0 Å². The van der Waals surface area contributed by atoms with Gasteiger partial charge < -0.3 is 15.5 Å². The standard InChI is InChI=1S/C15H24N4O/c1-11-5-4-8-19(13(11)9-16)14-7-6-12(10-17-14)15(20)18(2)3/h6-7,10-11,13H,4-5,8-9,16H2,1-3H3. The second-order valence-electron chi connectivity index (χ2n) is 5.72. The molecule has 110 valence electrons. The minimum Gasteiger partial charge on any atom is -0.352 e. The number of hydrogen-bond acceptors (Lipinski definition) is 4. The van der Waals surface area contributed by atoms with Gasteiger partial charge in [0.2, 0.25) is 0 Å². The van der Waals surface area contributed by atoms with E-state index in [0.29, 0.717) is 24.1 Å². The van der Waals surface area contributed by atoms with Crippen LogP contribution in [0.5, 0.6) is 0 Å². The van der Waals surface area contributed by atoms with Gasteiger partial charge in [-0.15, -0.1) is 0 Å². The third kappa shape index (κ3) is 2.93. The van der Waals surface area contributed by atoms with E-state index < -0.39 is 0 Å². The lowest BCUT2D eigenvalue weighted by atomic mass is 9.91. The van der Waals surface area contributed by atoms with Gasteiger partial charge in [0, 0.05) is 39.4 Å². The number of rotatable bonds is 3. The fraction of sp³-hybridized carbons (Fsp3) is 0.600. The number of amides is 1. The third-order valence-corrected chi connectivity index (χ3v) is 4.05. The molecule has 0 bridgehead atoms. The second-order valence-corrected chi connectivity index (χ2v) is 5.72. The van der Waals surface area contributed by atoms with E-state index >= 15 is 0 Å². The van der Waals surface area contributed by atoms with Crippen LogP contribution in [0.1, 0.15) is 30.1 Å². The zero-order valence-electron chi connectivity index (χ0n) is 12.5. The molecule has 1 aromatic rings. The molecule has 2 rings (SSSR count). The molecule has 5 heteroatoms. The number of aromatic nitrogens is 1. The maximum atomic E-state index is 11.9. The molecule has 5 nitrogen and oxygen atoms in total. The van der Waals surface area contributed by atoms with Crippen LogP contribution in [0.3, 0.4) is 0 Å². The van der Waals surface area contributed by atoms with Crippen molar-refractivity contribution >= 4 is 11.7 Å². The quantitative estimate of drug-likeness (QED) is 0.905. The van der Waals surface area contributed by atoms with Gasteiger partial charge in [-0.2, -0.15) is 0 Å². The SMILES string of the molecule is CC1CCCN(c2ccc(C(=O)N(C)C)cn2)C1CN. The lowest BCUT2D eigenvalue weighted by Crippen LogP contribution is -2.49. The highest BCUT2D eigenvalue weighted by molar-refractivity contribution is 5.93. The molecule has 1 aliphatic rings. The Kier molecular flexibility index (Phi) is 4.60. The Hall–Kier alpha value is -1.62. The summed E-state index contributed by atoms with van der Waals surface area (Å²) in [7, 11) is 3.49. The topological polar surface area (TPSA) is 62.5 Å². The van der Waals surface area contributed by atoms with Gasteiger partial charge in [0.25, 0.3) is 5.91 Å². The molecule has 2 atom stereocenters. The predicted molar refractivity (Wildman–Crippen MR) is 80.8 cm³/mol. The maximum absolute atomic E-state index is 11.9. The molecule has 1 saturated heterocycles. The van der Waals surface area contributed by atoms with E-state index in [0.717, 1.165) is 18.8 Å². The largest absolute Gasteiger partial charge is 0.352 e. The van der Waals surface area contributed by atoms with E-state index in [2.05, 4.69) is 16.8 Å². The van der Waals surface area contributed by atoms with Gasteiger partial charge in [-0.05, 0) is 30.9 Å². The highest BCUT2D eigenvalue weighted by Crippen LogP contribution is 2.26. The van der Waals surface area contributed by atoms with Gasteiger partial charge in [0.15, 0.2) is 0 Å². The number of carbonyl (C=O) groups is 1. The van der Waals surface area contributed by atoms with Crippen molar-refractivity contribution in [1.82, 2.24) is 9.88 Å². The van der Waals surface area contributed by atoms with Crippen LogP contribution in [0.15, 0.2) is 18.3 Å². The van der Waals surface area contributed by atoms with E-state index in [-0.39, 0.29) is 5.91 Å². The summed E-state index contributed by atoms with van der Waals surface area (Å²) in [6.07, 6.45) is 4.04. The van der Waals surface area contributed by atoms with E-state index in [9.17, 15) is 4.79 Å². The molecule has 20 heavy (non-hydrogen) atoms. The summed E-state index contributed by atoms with van der Waals surface area (Å²) < 4.78 is 0. The van der Waals surface area contributed by atoms with E-state index in [1.807, 2.05) is 12.1 Å². The van der Waals surface area contributed by atoms with Gasteiger partial charge in [0.1, 0.15) is 5.82 Å². The van der Waals surface area contributed by atoms with Crippen LogP contribution in [-0.4, -0.2) is 49.0 Å². The van der Waals surface area contributed by atoms with Crippen LogP contribution in [0.2, 0.25) is 0 Å². The average Bonchev–Trinajstić information content (AvgIpc) is 2.46. The fourth-order valence-corrected chi connectivity index (χ4v) is 2.83. The lowest BCUT2D eigenvalue weighted by Gasteiger charge is -2.40. The van der Waals surface area contributed by atoms with E-state index in [1.165, 1.54) is 6.42 Å². The van der Waals surface area contributed by atoms with Crippen LogP contribution in [0.25, 0.3) is 0 Å². The molecule has 1 amide bonds. The zero-order valence-corrected chi connectivity index (χ0v) is 12.5. The molecule has 0 spiro atoms. The minimum absolute atomic E-state index is 0.0218. The van der Waals surface area contributed by atoms with Crippen LogP contribution in [0.4, 0.5) is 5.82 Å². The monoisotopic (exact) mass is 276 g/mol. The smallest absolute Gasteiger partial charge is 0.254 e. The molecule has 0 aromatic carbocycles. The van der Waals surface area contributed by atoms with Crippen molar-refractivity contribution in [3.8, 4) is 0 Å². The summed E-state index contributed by atoms with van der Waals surface area (Å²) in [5.74, 6) is 1.48. The molecular weight excluding hydrogens is 252 g/mol. The second kappa shape index (κ2) is 6.22. The molecule has 1 fully saturated rings. The summed E-state index contributed by atoms with van der Waals surface area (Å²) in [6.45, 7) is 3.87. The van der Waals surface area contributed by atoms with Gasteiger partial charge in [-0.25, -0.2) is 4.98 Å². The lowest BCUT2D eigenvalue weighted by molar-refractivity contribution is 0.0827. The maximum Gasteiger partial charge on any atom is 0.254 e. The van der Waals surface area contributed by atoms with Crippen molar-refractivity contribution in [2.75, 3.05) is 32.1 Å². The Balaban J connectivity index is 2.18. The molecule has 2 unspecified atom stereocenters. The number of nitrogens with two attached hydrogens (primary N) is 1. The fourth-order valence-electron chi connectivity index (χ4n) is 2.83. The van der Waals surface area contributed by atoms with Gasteiger partial charge in [-0.3, -0.25) is 4.79 Å². The number of pyridine rings is 1. The van der Waals surface area contributed by atoms with Crippen LogP contribution >= 0.6 is 0 Å². The van der Waals surface area contributed by atoms with E-state index in [1.54, 1.807) is 25.2 Å². The van der Waals surface area contributed by atoms with Crippen LogP contribution < -0.4 is 10.6 Å². The van der Waals surface area contributed by atoms with Crippen molar-refractivity contribution in [2.45, 2.75) is 25.8 Å². The van der Waals surface area contributed by atoms with E-state index in [4.69, 9.17) is 5.73 Å².